The standard InChI is InChI=1S/C11H14N2O2/c1-13(2)7-9(14)10-5-8-3-4-12-6-11(8)15-10/h3-6,9,14H,7H2,1-2H3. The summed E-state index contributed by atoms with van der Waals surface area (Å²) in [6.45, 7) is 0.549. The van der Waals surface area contributed by atoms with Crippen LogP contribution in [0.15, 0.2) is 28.9 Å². The smallest absolute Gasteiger partial charge is 0.152 e. The number of nitrogens with zero attached hydrogens (tertiary/aromatic N) is 2. The summed E-state index contributed by atoms with van der Waals surface area (Å²) in [6, 6.07) is 3.72. The number of pyridine rings is 1. The van der Waals surface area contributed by atoms with Crippen molar-refractivity contribution in [3.8, 4) is 0 Å². The molecule has 0 bridgehead atoms. The van der Waals surface area contributed by atoms with Gasteiger partial charge in [0.25, 0.3) is 0 Å². The van der Waals surface area contributed by atoms with Crippen LogP contribution in [0.25, 0.3) is 11.0 Å². The van der Waals surface area contributed by atoms with Gasteiger partial charge in [-0.25, -0.2) is 0 Å². The maximum Gasteiger partial charge on any atom is 0.152 e. The van der Waals surface area contributed by atoms with E-state index in [0.29, 0.717) is 17.9 Å². The van der Waals surface area contributed by atoms with E-state index >= 15 is 0 Å². The number of fused-ring (bicyclic) bond motifs is 1. The molecule has 1 N–H and O–H groups in total. The van der Waals surface area contributed by atoms with Crippen LogP contribution in [0.4, 0.5) is 0 Å². The second kappa shape index (κ2) is 4.00. The van der Waals surface area contributed by atoms with Crippen molar-refractivity contribution in [3.63, 3.8) is 0 Å². The van der Waals surface area contributed by atoms with Gasteiger partial charge < -0.3 is 14.4 Å². The van der Waals surface area contributed by atoms with Crippen molar-refractivity contribution in [1.82, 2.24) is 9.88 Å². The van der Waals surface area contributed by atoms with Crippen molar-refractivity contribution in [2.45, 2.75) is 6.10 Å². The quantitative estimate of drug-likeness (QED) is 0.825. The Balaban J connectivity index is 2.28. The fraction of sp³-hybridized carbons (Fsp3) is 0.364. The van der Waals surface area contributed by atoms with Crippen molar-refractivity contribution in [2.75, 3.05) is 20.6 Å². The van der Waals surface area contributed by atoms with Crippen LogP contribution in [-0.4, -0.2) is 35.6 Å². The van der Waals surface area contributed by atoms with Crippen molar-refractivity contribution >= 4 is 11.0 Å². The first-order chi connectivity index (χ1) is 7.16. The average Bonchev–Trinajstić information content (AvgIpc) is 2.59. The van der Waals surface area contributed by atoms with E-state index in [1.54, 1.807) is 12.4 Å². The summed E-state index contributed by atoms with van der Waals surface area (Å²) in [5.41, 5.74) is 0.713. The molecule has 0 aliphatic carbocycles. The molecule has 15 heavy (non-hydrogen) atoms. The number of aromatic nitrogens is 1. The molecule has 0 amide bonds. The van der Waals surface area contributed by atoms with Crippen LogP contribution in [0.3, 0.4) is 0 Å². The first-order valence-electron chi connectivity index (χ1n) is 4.83. The molecule has 1 unspecified atom stereocenters. The van der Waals surface area contributed by atoms with Gasteiger partial charge in [0, 0.05) is 18.1 Å². The third-order valence-corrected chi connectivity index (χ3v) is 2.21. The van der Waals surface area contributed by atoms with Crippen LogP contribution in [0.2, 0.25) is 0 Å². The minimum Gasteiger partial charge on any atom is -0.457 e. The number of hydrogen-bond acceptors (Lipinski definition) is 4. The normalized spacial score (nSPS) is 13.6. The van der Waals surface area contributed by atoms with E-state index in [2.05, 4.69) is 4.98 Å². The fourth-order valence-electron chi connectivity index (χ4n) is 1.51. The third kappa shape index (κ3) is 2.16. The first kappa shape index (κ1) is 10.1. The molecule has 0 aromatic carbocycles. The van der Waals surface area contributed by atoms with Crippen molar-refractivity contribution in [2.24, 2.45) is 0 Å². The molecule has 80 valence electrons. The number of hydrogen-bond donors (Lipinski definition) is 1. The van der Waals surface area contributed by atoms with Gasteiger partial charge in [0.15, 0.2) is 5.58 Å². The Morgan fingerprint density at radius 3 is 3.00 bits per heavy atom. The van der Waals surface area contributed by atoms with E-state index in [1.807, 2.05) is 31.1 Å². The second-order valence-electron chi connectivity index (χ2n) is 3.84. The summed E-state index contributed by atoms with van der Waals surface area (Å²) in [6.07, 6.45) is 2.77. The maximum absolute atomic E-state index is 9.84. The highest BCUT2D eigenvalue weighted by Crippen LogP contribution is 2.23. The number of furan rings is 1. The summed E-state index contributed by atoms with van der Waals surface area (Å²) in [4.78, 5) is 5.87. The average molecular weight is 206 g/mol. The van der Waals surface area contributed by atoms with Gasteiger partial charge in [-0.3, -0.25) is 4.98 Å². The van der Waals surface area contributed by atoms with Crippen molar-refractivity contribution < 1.29 is 9.52 Å². The predicted octanol–water partition coefficient (Wildman–Crippen LogP) is 1.42. The molecule has 0 spiro atoms. The Hall–Kier alpha value is -1.39. The van der Waals surface area contributed by atoms with Crippen LogP contribution in [0, 0.1) is 0 Å². The number of likely N-dealkylation sites (N-methyl/N-ethyl adjacent to an activating group) is 1. The first-order valence-corrected chi connectivity index (χ1v) is 4.83. The zero-order valence-electron chi connectivity index (χ0n) is 8.84. The van der Waals surface area contributed by atoms with E-state index in [-0.39, 0.29) is 0 Å². The van der Waals surface area contributed by atoms with Crippen LogP contribution in [0.5, 0.6) is 0 Å². The SMILES string of the molecule is CN(C)CC(O)c1cc2ccncc2o1. The van der Waals surface area contributed by atoms with Gasteiger partial charge in [0.2, 0.25) is 0 Å². The van der Waals surface area contributed by atoms with Gasteiger partial charge in [-0.1, -0.05) is 0 Å². The molecular weight excluding hydrogens is 192 g/mol. The Morgan fingerprint density at radius 2 is 2.33 bits per heavy atom. The molecule has 2 aromatic rings. The van der Waals surface area contributed by atoms with E-state index in [0.717, 1.165) is 5.39 Å². The second-order valence-corrected chi connectivity index (χ2v) is 3.84. The number of rotatable bonds is 3. The summed E-state index contributed by atoms with van der Waals surface area (Å²) in [5, 5.41) is 10.8. The fourth-order valence-corrected chi connectivity index (χ4v) is 1.51. The number of aliphatic hydroxyl groups excluding tert-OH is 1. The van der Waals surface area contributed by atoms with E-state index in [4.69, 9.17) is 4.42 Å². The molecule has 0 aliphatic heterocycles. The molecule has 4 nitrogen and oxygen atoms in total. The molecule has 0 radical (unpaired) electrons. The van der Waals surface area contributed by atoms with Gasteiger partial charge in [-0.05, 0) is 26.2 Å². The van der Waals surface area contributed by atoms with Gasteiger partial charge >= 0.3 is 0 Å². The van der Waals surface area contributed by atoms with Crippen LogP contribution in [-0.2, 0) is 0 Å². The zero-order chi connectivity index (χ0) is 10.8. The Morgan fingerprint density at radius 1 is 1.53 bits per heavy atom. The summed E-state index contributed by atoms with van der Waals surface area (Å²) in [5.74, 6) is 0.590. The molecule has 0 aliphatic rings. The summed E-state index contributed by atoms with van der Waals surface area (Å²) < 4.78 is 5.49. The van der Waals surface area contributed by atoms with E-state index in [9.17, 15) is 5.11 Å². The Bertz CT molecular complexity index is 418. The van der Waals surface area contributed by atoms with Gasteiger partial charge in [-0.15, -0.1) is 0 Å². The molecule has 0 saturated carbocycles. The molecule has 0 fully saturated rings. The number of aliphatic hydroxyl groups is 1. The highest BCUT2D eigenvalue weighted by molar-refractivity contribution is 5.76. The molecule has 1 atom stereocenters. The highest BCUT2D eigenvalue weighted by Gasteiger charge is 2.13. The van der Waals surface area contributed by atoms with Crippen molar-refractivity contribution in [3.05, 3.63) is 30.3 Å². The van der Waals surface area contributed by atoms with Gasteiger partial charge in [0.05, 0.1) is 6.20 Å². The van der Waals surface area contributed by atoms with Crippen LogP contribution < -0.4 is 0 Å². The van der Waals surface area contributed by atoms with E-state index < -0.39 is 6.10 Å². The van der Waals surface area contributed by atoms with Crippen LogP contribution in [0.1, 0.15) is 11.9 Å². The molecule has 2 rings (SSSR count). The van der Waals surface area contributed by atoms with Crippen LogP contribution >= 0.6 is 0 Å². The predicted molar refractivity (Wildman–Crippen MR) is 57.5 cm³/mol. The Labute approximate surface area is 88.1 Å². The van der Waals surface area contributed by atoms with E-state index in [1.165, 1.54) is 0 Å². The minimum atomic E-state index is -0.590. The third-order valence-electron chi connectivity index (χ3n) is 2.21. The zero-order valence-corrected chi connectivity index (χ0v) is 8.84. The minimum absolute atomic E-state index is 0.549. The molecule has 2 aromatic heterocycles. The maximum atomic E-state index is 9.84. The lowest BCUT2D eigenvalue weighted by Crippen LogP contribution is -2.19. The summed E-state index contributed by atoms with van der Waals surface area (Å²) >= 11 is 0. The topological polar surface area (TPSA) is 49.5 Å². The van der Waals surface area contributed by atoms with Crippen molar-refractivity contribution in [1.29, 1.82) is 0 Å². The summed E-state index contributed by atoms with van der Waals surface area (Å²) in [7, 11) is 3.82. The molecule has 4 heteroatoms. The largest absolute Gasteiger partial charge is 0.457 e. The van der Waals surface area contributed by atoms with Gasteiger partial charge in [-0.2, -0.15) is 0 Å². The van der Waals surface area contributed by atoms with Gasteiger partial charge in [0.1, 0.15) is 11.9 Å². The molecular formula is C11H14N2O2. The molecule has 0 saturated heterocycles. The lowest BCUT2D eigenvalue weighted by atomic mass is 10.2. The molecule has 2 heterocycles. The lowest BCUT2D eigenvalue weighted by molar-refractivity contribution is 0.117. The lowest BCUT2D eigenvalue weighted by Gasteiger charge is -2.13. The monoisotopic (exact) mass is 206 g/mol. The Kier molecular flexibility index (Phi) is 2.70. The highest BCUT2D eigenvalue weighted by atomic mass is 16.4.